The van der Waals surface area contributed by atoms with Crippen molar-refractivity contribution in [2.45, 2.75) is 37.0 Å². The van der Waals surface area contributed by atoms with Crippen LogP contribution < -0.4 is 15.1 Å². The number of nitrogens with zero attached hydrogens (tertiary/aromatic N) is 4. The minimum atomic E-state index is 0.0342. The third-order valence-electron chi connectivity index (χ3n) is 6.07. The molecule has 2 aliphatic carbocycles. The van der Waals surface area contributed by atoms with Gasteiger partial charge in [-0.15, -0.1) is 0 Å². The standard InChI is InChI=1S/C23H23N5O2S/c1-27-20-12-24-18-8-3-13(9-17(18)21(20)28(23(27)29)15-4-5-15)14-10-19(22(30-2)25-11-14)26-31-16-6-7-16/h3,8-12,15-16,26H,4-7H2,1-2H3. The Morgan fingerprint density at radius 2 is 1.94 bits per heavy atom. The molecule has 7 nitrogen and oxygen atoms in total. The number of nitrogens with one attached hydrogen (secondary N) is 1. The Balaban J connectivity index is 1.50. The Morgan fingerprint density at radius 3 is 2.68 bits per heavy atom. The molecule has 3 aromatic heterocycles. The molecule has 2 aliphatic rings. The molecular weight excluding hydrogens is 410 g/mol. The highest BCUT2D eigenvalue weighted by Crippen LogP contribution is 2.40. The van der Waals surface area contributed by atoms with Crippen molar-refractivity contribution in [3.63, 3.8) is 0 Å². The minimum Gasteiger partial charge on any atom is -0.480 e. The molecule has 0 spiro atoms. The van der Waals surface area contributed by atoms with Crippen LogP contribution >= 0.6 is 11.9 Å². The topological polar surface area (TPSA) is 74.0 Å². The summed E-state index contributed by atoms with van der Waals surface area (Å²) in [6.07, 6.45) is 8.25. The SMILES string of the molecule is COc1ncc(-c2ccc3ncc4c(c3c2)n(C2CC2)c(=O)n4C)cc1NSC1CC1. The van der Waals surface area contributed by atoms with E-state index in [1.54, 1.807) is 23.6 Å². The Labute approximate surface area is 183 Å². The van der Waals surface area contributed by atoms with Gasteiger partial charge < -0.3 is 9.46 Å². The number of pyridine rings is 2. The summed E-state index contributed by atoms with van der Waals surface area (Å²) in [5.41, 5.74) is 5.68. The van der Waals surface area contributed by atoms with Crippen molar-refractivity contribution < 1.29 is 4.74 Å². The summed E-state index contributed by atoms with van der Waals surface area (Å²) in [5, 5.41) is 1.67. The number of rotatable bonds is 6. The molecule has 0 saturated heterocycles. The number of hydrogen-bond acceptors (Lipinski definition) is 6. The van der Waals surface area contributed by atoms with Gasteiger partial charge >= 0.3 is 5.69 Å². The van der Waals surface area contributed by atoms with Crippen LogP contribution in [0.1, 0.15) is 31.7 Å². The smallest absolute Gasteiger partial charge is 0.329 e. The Morgan fingerprint density at radius 1 is 1.10 bits per heavy atom. The second-order valence-corrected chi connectivity index (χ2v) is 9.47. The summed E-state index contributed by atoms with van der Waals surface area (Å²) in [6, 6.07) is 8.59. The summed E-state index contributed by atoms with van der Waals surface area (Å²) in [7, 11) is 3.46. The van der Waals surface area contributed by atoms with Gasteiger partial charge in [0.15, 0.2) is 0 Å². The minimum absolute atomic E-state index is 0.0342. The third kappa shape index (κ3) is 3.17. The first-order chi connectivity index (χ1) is 15.1. The molecule has 0 amide bonds. The van der Waals surface area contributed by atoms with E-state index < -0.39 is 0 Å². The maximum absolute atomic E-state index is 12.9. The maximum Gasteiger partial charge on any atom is 0.329 e. The van der Waals surface area contributed by atoms with Crippen molar-refractivity contribution in [1.29, 1.82) is 0 Å². The Kier molecular flexibility index (Phi) is 4.24. The molecule has 0 aliphatic heterocycles. The number of hydrogen-bond donors (Lipinski definition) is 1. The number of ether oxygens (including phenoxy) is 1. The zero-order valence-corrected chi connectivity index (χ0v) is 18.3. The molecule has 3 heterocycles. The van der Waals surface area contributed by atoms with E-state index in [1.807, 2.05) is 30.1 Å². The second kappa shape index (κ2) is 7.02. The first-order valence-corrected chi connectivity index (χ1v) is 11.5. The van der Waals surface area contributed by atoms with E-state index in [-0.39, 0.29) is 5.69 Å². The van der Waals surface area contributed by atoms with Crippen LogP contribution in [0.25, 0.3) is 33.1 Å². The highest BCUT2D eigenvalue weighted by molar-refractivity contribution is 8.01. The highest BCUT2D eigenvalue weighted by atomic mass is 32.2. The second-order valence-electron chi connectivity index (χ2n) is 8.37. The molecule has 0 bridgehead atoms. The lowest BCUT2D eigenvalue weighted by molar-refractivity contribution is 0.400. The molecule has 158 valence electrons. The average molecular weight is 434 g/mol. The maximum atomic E-state index is 12.9. The van der Waals surface area contributed by atoms with Gasteiger partial charge in [-0.2, -0.15) is 0 Å². The molecule has 2 fully saturated rings. The monoisotopic (exact) mass is 433 g/mol. The number of benzene rings is 1. The van der Waals surface area contributed by atoms with Crippen molar-refractivity contribution in [3.05, 3.63) is 47.1 Å². The predicted octanol–water partition coefficient (Wildman–Crippen LogP) is 4.52. The zero-order valence-electron chi connectivity index (χ0n) is 17.5. The summed E-state index contributed by atoms with van der Waals surface area (Å²) < 4.78 is 12.5. The summed E-state index contributed by atoms with van der Waals surface area (Å²) in [6.45, 7) is 0. The van der Waals surface area contributed by atoms with E-state index in [4.69, 9.17) is 4.74 Å². The van der Waals surface area contributed by atoms with Gasteiger partial charge in [-0.3, -0.25) is 14.1 Å². The van der Waals surface area contributed by atoms with Crippen LogP contribution in [0.3, 0.4) is 0 Å². The third-order valence-corrected chi connectivity index (χ3v) is 7.21. The predicted molar refractivity (Wildman–Crippen MR) is 125 cm³/mol. The average Bonchev–Trinajstić information content (AvgIpc) is 3.72. The van der Waals surface area contributed by atoms with E-state index in [2.05, 4.69) is 32.9 Å². The van der Waals surface area contributed by atoms with Crippen LogP contribution in [0.5, 0.6) is 5.88 Å². The van der Waals surface area contributed by atoms with Crippen LogP contribution in [0.4, 0.5) is 5.69 Å². The van der Waals surface area contributed by atoms with Crippen molar-refractivity contribution in [2.75, 3.05) is 11.8 Å². The molecule has 31 heavy (non-hydrogen) atoms. The van der Waals surface area contributed by atoms with E-state index >= 15 is 0 Å². The van der Waals surface area contributed by atoms with E-state index in [1.165, 1.54) is 12.8 Å². The molecule has 0 radical (unpaired) electrons. The van der Waals surface area contributed by atoms with Crippen LogP contribution in [-0.2, 0) is 7.05 Å². The Hall–Kier alpha value is -3.00. The summed E-state index contributed by atoms with van der Waals surface area (Å²) >= 11 is 1.73. The van der Waals surface area contributed by atoms with E-state index in [9.17, 15) is 4.79 Å². The number of imidazole rings is 1. The molecule has 0 atom stereocenters. The molecule has 0 unspecified atom stereocenters. The van der Waals surface area contributed by atoms with Crippen LogP contribution in [0.15, 0.2) is 41.5 Å². The zero-order chi connectivity index (χ0) is 21.1. The van der Waals surface area contributed by atoms with Gasteiger partial charge in [0.2, 0.25) is 5.88 Å². The quantitative estimate of drug-likeness (QED) is 0.451. The number of fused-ring (bicyclic) bond motifs is 3. The molecular formula is C23H23N5O2S. The van der Waals surface area contributed by atoms with E-state index in [0.717, 1.165) is 51.6 Å². The molecule has 2 saturated carbocycles. The molecule has 6 rings (SSSR count). The van der Waals surface area contributed by atoms with Gasteiger partial charge in [0, 0.05) is 35.5 Å². The van der Waals surface area contributed by atoms with Crippen molar-refractivity contribution in [2.24, 2.45) is 7.05 Å². The fourth-order valence-corrected chi connectivity index (χ4v) is 4.87. The van der Waals surface area contributed by atoms with E-state index in [0.29, 0.717) is 17.2 Å². The van der Waals surface area contributed by atoms with Gasteiger partial charge in [-0.25, -0.2) is 9.78 Å². The fraction of sp³-hybridized carbons (Fsp3) is 0.348. The molecule has 1 aromatic carbocycles. The number of aromatic nitrogens is 4. The molecule has 8 heteroatoms. The first-order valence-electron chi connectivity index (χ1n) is 10.6. The van der Waals surface area contributed by atoms with Gasteiger partial charge in [0.1, 0.15) is 5.69 Å². The molecule has 1 N–H and O–H groups in total. The van der Waals surface area contributed by atoms with Crippen LogP contribution in [-0.4, -0.2) is 31.5 Å². The number of methoxy groups -OCH3 is 1. The van der Waals surface area contributed by atoms with Gasteiger partial charge in [0.05, 0.1) is 29.9 Å². The number of aryl methyl sites for hydroxylation is 1. The summed E-state index contributed by atoms with van der Waals surface area (Å²) in [4.78, 5) is 22.0. The molecule has 4 aromatic rings. The van der Waals surface area contributed by atoms with Crippen LogP contribution in [0.2, 0.25) is 0 Å². The number of anilines is 1. The lowest BCUT2D eigenvalue weighted by Crippen LogP contribution is -2.21. The van der Waals surface area contributed by atoms with Gasteiger partial charge in [-0.05, 0) is 61.4 Å². The largest absolute Gasteiger partial charge is 0.480 e. The summed E-state index contributed by atoms with van der Waals surface area (Å²) in [5.74, 6) is 0.590. The first kappa shape index (κ1) is 18.7. The van der Waals surface area contributed by atoms with Crippen molar-refractivity contribution in [3.8, 4) is 17.0 Å². The normalized spacial score (nSPS) is 16.2. The fourth-order valence-electron chi connectivity index (χ4n) is 4.06. The van der Waals surface area contributed by atoms with Gasteiger partial charge in [-0.1, -0.05) is 6.07 Å². The Bertz CT molecular complexity index is 1380. The van der Waals surface area contributed by atoms with Crippen molar-refractivity contribution >= 4 is 39.6 Å². The highest BCUT2D eigenvalue weighted by Gasteiger charge is 2.29. The van der Waals surface area contributed by atoms with Gasteiger partial charge in [0.25, 0.3) is 0 Å². The van der Waals surface area contributed by atoms with Crippen molar-refractivity contribution in [1.82, 2.24) is 19.1 Å². The van der Waals surface area contributed by atoms with Crippen LogP contribution in [0, 0.1) is 0 Å². The lowest BCUT2D eigenvalue weighted by atomic mass is 10.0. The lowest BCUT2D eigenvalue weighted by Gasteiger charge is -2.12.